The van der Waals surface area contributed by atoms with Gasteiger partial charge in [0.25, 0.3) is 0 Å². The molecule has 0 radical (unpaired) electrons. The molecule has 3 atom stereocenters. The van der Waals surface area contributed by atoms with E-state index in [9.17, 15) is 8.78 Å². The highest BCUT2D eigenvalue weighted by molar-refractivity contribution is 5.89. The molecule has 2 aliphatic rings. The van der Waals surface area contributed by atoms with E-state index in [2.05, 4.69) is 28.2 Å². The smallest absolute Gasteiger partial charge is 0.135 e. The van der Waals surface area contributed by atoms with Gasteiger partial charge < -0.3 is 4.74 Å². The van der Waals surface area contributed by atoms with Crippen molar-refractivity contribution in [2.45, 2.75) is 63.7 Å². The van der Waals surface area contributed by atoms with Crippen LogP contribution in [0.1, 0.15) is 67.6 Å². The minimum Gasteiger partial charge on any atom is -0.370 e. The van der Waals surface area contributed by atoms with Crippen molar-refractivity contribution in [3.63, 3.8) is 0 Å². The van der Waals surface area contributed by atoms with E-state index in [1.54, 1.807) is 6.20 Å². The first-order valence-electron chi connectivity index (χ1n) is 11.7. The highest BCUT2D eigenvalue weighted by Gasteiger charge is 2.33. The van der Waals surface area contributed by atoms with Crippen molar-refractivity contribution >= 4 is 11.0 Å². The molecular weight excluding hydrogens is 436 g/mol. The molecule has 1 aliphatic heterocycles. The third kappa shape index (κ3) is 3.96. The van der Waals surface area contributed by atoms with Gasteiger partial charge in [-0.25, -0.2) is 18.7 Å². The predicted molar refractivity (Wildman–Crippen MR) is 123 cm³/mol. The molecule has 6 rings (SSSR count). The lowest BCUT2D eigenvalue weighted by molar-refractivity contribution is -0.0506. The molecule has 0 N–H and O–H groups in total. The molecule has 1 saturated carbocycles. The van der Waals surface area contributed by atoms with Crippen LogP contribution in [0.4, 0.5) is 8.78 Å². The molecular formula is C26H25F2N5O. The Bertz CT molecular complexity index is 1380. The van der Waals surface area contributed by atoms with Gasteiger partial charge in [-0.2, -0.15) is 5.10 Å². The van der Waals surface area contributed by atoms with E-state index in [4.69, 9.17) is 9.72 Å². The third-order valence-electron chi connectivity index (χ3n) is 6.70. The third-order valence-corrected chi connectivity index (χ3v) is 6.70. The predicted octanol–water partition coefficient (Wildman–Crippen LogP) is 5.83. The normalized spacial score (nSPS) is 22.9. The van der Waals surface area contributed by atoms with Gasteiger partial charge in [-0.15, -0.1) is 0 Å². The molecule has 1 aromatic carbocycles. The van der Waals surface area contributed by atoms with Crippen LogP contribution < -0.4 is 0 Å². The van der Waals surface area contributed by atoms with E-state index in [0.29, 0.717) is 22.8 Å². The summed E-state index contributed by atoms with van der Waals surface area (Å²) >= 11 is 0. The number of aryl methyl sites for hydroxylation is 1. The second-order valence-corrected chi connectivity index (χ2v) is 9.49. The topological polar surface area (TPSA) is 65.7 Å². The lowest BCUT2D eigenvalue weighted by Gasteiger charge is -2.33. The van der Waals surface area contributed by atoms with Crippen LogP contribution >= 0.6 is 0 Å². The van der Waals surface area contributed by atoms with Gasteiger partial charge in [0, 0.05) is 41.2 Å². The van der Waals surface area contributed by atoms with Crippen LogP contribution in [-0.2, 0) is 4.74 Å². The monoisotopic (exact) mass is 461 g/mol. The first-order valence-corrected chi connectivity index (χ1v) is 11.7. The summed E-state index contributed by atoms with van der Waals surface area (Å²) in [6.07, 6.45) is 9.46. The molecule has 0 spiro atoms. The minimum absolute atomic E-state index is 0.0279. The van der Waals surface area contributed by atoms with Gasteiger partial charge in [-0.1, -0.05) is 0 Å². The summed E-state index contributed by atoms with van der Waals surface area (Å²) in [5.41, 5.74) is 4.41. The van der Waals surface area contributed by atoms with Crippen LogP contribution in [0.5, 0.6) is 0 Å². The van der Waals surface area contributed by atoms with Crippen LogP contribution in [0.3, 0.4) is 0 Å². The standard InChI is InChI=1S/C26H25F2N5O/c1-14-11-29-26-23(31-14)10-22(32-25(26)20-6-3-18(27)9-21(20)28)16-7-15(2)34-24(8-16)17-12-30-33(13-17)19-4-5-19/h3,6,9-13,15-16,19,24H,4-5,7-8H2,1-2H3/t15-,16+,24-/m1/s1. The summed E-state index contributed by atoms with van der Waals surface area (Å²) in [6, 6.07) is 6.00. The summed E-state index contributed by atoms with van der Waals surface area (Å²) in [6.45, 7) is 3.94. The number of hydrogen-bond acceptors (Lipinski definition) is 5. The SMILES string of the molecule is Cc1cnc2c(-c3ccc(F)cc3F)nc([C@H]3C[C@@H](C)O[C@@H](c4cnn(C5CC5)c4)C3)cc2n1. The summed E-state index contributed by atoms with van der Waals surface area (Å²) in [5.74, 6) is -1.21. The molecule has 0 unspecified atom stereocenters. The first-order chi connectivity index (χ1) is 16.4. The van der Waals surface area contributed by atoms with Gasteiger partial charge in [0.2, 0.25) is 0 Å². The van der Waals surface area contributed by atoms with Crippen LogP contribution in [-0.4, -0.2) is 30.8 Å². The Morgan fingerprint density at radius 3 is 2.71 bits per heavy atom. The van der Waals surface area contributed by atoms with Crippen LogP contribution in [0.25, 0.3) is 22.3 Å². The molecule has 4 heterocycles. The summed E-state index contributed by atoms with van der Waals surface area (Å²) < 4.78 is 36.7. The molecule has 2 fully saturated rings. The van der Waals surface area contributed by atoms with E-state index >= 15 is 0 Å². The Morgan fingerprint density at radius 1 is 1.06 bits per heavy atom. The second kappa shape index (κ2) is 8.20. The number of halogens is 2. The van der Waals surface area contributed by atoms with Crippen LogP contribution in [0.2, 0.25) is 0 Å². The molecule has 1 aliphatic carbocycles. The van der Waals surface area contributed by atoms with Gasteiger partial charge in [-0.05, 0) is 57.7 Å². The average molecular weight is 462 g/mol. The first kappa shape index (κ1) is 21.3. The fourth-order valence-corrected chi connectivity index (χ4v) is 4.87. The highest BCUT2D eigenvalue weighted by Crippen LogP contribution is 2.42. The van der Waals surface area contributed by atoms with E-state index < -0.39 is 11.6 Å². The van der Waals surface area contributed by atoms with Crippen LogP contribution in [0, 0.1) is 18.6 Å². The molecule has 1 saturated heterocycles. The fraction of sp³-hybridized carbons (Fsp3) is 0.385. The largest absolute Gasteiger partial charge is 0.370 e. The molecule has 0 bridgehead atoms. The quantitative estimate of drug-likeness (QED) is 0.382. The van der Waals surface area contributed by atoms with Crippen LogP contribution in [0.15, 0.2) is 42.9 Å². The van der Waals surface area contributed by atoms with Crippen molar-refractivity contribution in [1.29, 1.82) is 0 Å². The van der Waals surface area contributed by atoms with E-state index in [0.717, 1.165) is 35.9 Å². The Morgan fingerprint density at radius 2 is 1.91 bits per heavy atom. The number of ether oxygens (including phenoxy) is 1. The maximum atomic E-state index is 14.8. The number of pyridine rings is 1. The lowest BCUT2D eigenvalue weighted by atomic mass is 9.87. The Labute approximate surface area is 196 Å². The Balaban J connectivity index is 1.41. The molecule has 0 amide bonds. The number of benzene rings is 1. The van der Waals surface area contributed by atoms with Gasteiger partial charge >= 0.3 is 0 Å². The van der Waals surface area contributed by atoms with E-state index in [-0.39, 0.29) is 23.7 Å². The van der Waals surface area contributed by atoms with Crippen molar-refractivity contribution in [3.05, 3.63) is 71.4 Å². The average Bonchev–Trinajstić information content (AvgIpc) is 3.54. The number of fused-ring (bicyclic) bond motifs is 1. The number of hydrogen-bond donors (Lipinski definition) is 0. The second-order valence-electron chi connectivity index (χ2n) is 9.49. The Hall–Kier alpha value is -3.26. The van der Waals surface area contributed by atoms with Gasteiger partial charge in [0.1, 0.15) is 22.8 Å². The summed E-state index contributed by atoms with van der Waals surface area (Å²) in [5, 5.41) is 4.53. The summed E-state index contributed by atoms with van der Waals surface area (Å²) in [7, 11) is 0. The van der Waals surface area contributed by atoms with E-state index in [1.807, 2.05) is 23.9 Å². The number of aromatic nitrogens is 5. The van der Waals surface area contributed by atoms with Crippen molar-refractivity contribution in [2.24, 2.45) is 0 Å². The zero-order valence-electron chi connectivity index (χ0n) is 19.1. The minimum atomic E-state index is -0.668. The fourth-order valence-electron chi connectivity index (χ4n) is 4.87. The molecule has 174 valence electrons. The van der Waals surface area contributed by atoms with Crippen molar-refractivity contribution in [1.82, 2.24) is 24.7 Å². The summed E-state index contributed by atoms with van der Waals surface area (Å²) in [4.78, 5) is 14.0. The van der Waals surface area contributed by atoms with Crippen molar-refractivity contribution in [2.75, 3.05) is 0 Å². The lowest BCUT2D eigenvalue weighted by Crippen LogP contribution is -2.25. The number of nitrogens with zero attached hydrogens (tertiary/aromatic N) is 5. The maximum Gasteiger partial charge on any atom is 0.135 e. The molecule has 8 heteroatoms. The molecule has 6 nitrogen and oxygen atoms in total. The van der Waals surface area contributed by atoms with Crippen molar-refractivity contribution in [3.8, 4) is 11.3 Å². The maximum absolute atomic E-state index is 14.8. The zero-order chi connectivity index (χ0) is 23.4. The van der Waals surface area contributed by atoms with Gasteiger partial charge in [0.15, 0.2) is 0 Å². The van der Waals surface area contributed by atoms with Crippen molar-refractivity contribution < 1.29 is 13.5 Å². The van der Waals surface area contributed by atoms with E-state index in [1.165, 1.54) is 25.0 Å². The molecule has 3 aromatic heterocycles. The number of rotatable bonds is 4. The zero-order valence-corrected chi connectivity index (χ0v) is 19.1. The van der Waals surface area contributed by atoms with Gasteiger partial charge in [0.05, 0.1) is 35.7 Å². The molecule has 4 aromatic rings. The molecule has 34 heavy (non-hydrogen) atoms. The Kier molecular flexibility index (Phi) is 5.13. The van der Waals surface area contributed by atoms with Gasteiger partial charge in [-0.3, -0.25) is 9.67 Å². The highest BCUT2D eigenvalue weighted by atomic mass is 19.1.